The largest absolute Gasteiger partial charge is 0.495 e. The second kappa shape index (κ2) is 7.75. The summed E-state index contributed by atoms with van der Waals surface area (Å²) in [4.78, 5) is 12.0. The summed E-state index contributed by atoms with van der Waals surface area (Å²) in [6.45, 7) is 5.96. The van der Waals surface area contributed by atoms with Crippen LogP contribution in [0.4, 0.5) is 10.5 Å². The van der Waals surface area contributed by atoms with Gasteiger partial charge in [-0.25, -0.2) is 4.79 Å². The minimum absolute atomic E-state index is 0.0729. The Bertz CT molecular complexity index is 447. The predicted octanol–water partition coefficient (Wildman–Crippen LogP) is 2.53. The summed E-state index contributed by atoms with van der Waals surface area (Å²) in [5, 5.41) is 14.8. The molecule has 1 rings (SSSR count). The van der Waals surface area contributed by atoms with E-state index in [0.717, 1.165) is 12.0 Å². The molecule has 112 valence electrons. The summed E-state index contributed by atoms with van der Waals surface area (Å²) in [5.74, 6) is 1.01. The van der Waals surface area contributed by atoms with Crippen molar-refractivity contribution in [3.05, 3.63) is 23.8 Å². The zero-order chi connectivity index (χ0) is 15.1. The number of urea groups is 1. The quantitative estimate of drug-likeness (QED) is 0.750. The molecule has 0 saturated carbocycles. The maximum absolute atomic E-state index is 12.0. The zero-order valence-corrected chi connectivity index (χ0v) is 12.6. The molecule has 5 nitrogen and oxygen atoms in total. The van der Waals surface area contributed by atoms with Crippen LogP contribution in [0.5, 0.6) is 5.75 Å². The Labute approximate surface area is 120 Å². The van der Waals surface area contributed by atoms with E-state index in [2.05, 4.69) is 10.6 Å². The van der Waals surface area contributed by atoms with Crippen molar-refractivity contribution in [2.75, 3.05) is 19.0 Å². The van der Waals surface area contributed by atoms with E-state index in [4.69, 9.17) is 4.74 Å². The lowest BCUT2D eigenvalue weighted by Gasteiger charge is -2.19. The molecule has 20 heavy (non-hydrogen) atoms. The van der Waals surface area contributed by atoms with E-state index in [-0.39, 0.29) is 18.7 Å². The molecule has 0 bridgehead atoms. The van der Waals surface area contributed by atoms with E-state index < -0.39 is 0 Å². The van der Waals surface area contributed by atoms with Crippen LogP contribution in [0.3, 0.4) is 0 Å². The topological polar surface area (TPSA) is 70.6 Å². The third kappa shape index (κ3) is 5.09. The molecule has 2 amide bonds. The van der Waals surface area contributed by atoms with Crippen molar-refractivity contribution < 1.29 is 14.6 Å². The minimum atomic E-state index is -0.339. The molecular formula is C15H24N2O3. The van der Waals surface area contributed by atoms with Crippen LogP contribution in [0.15, 0.2) is 18.2 Å². The van der Waals surface area contributed by atoms with Crippen LogP contribution in [0.25, 0.3) is 0 Å². The summed E-state index contributed by atoms with van der Waals surface area (Å²) in [7, 11) is 1.56. The molecule has 1 aromatic carbocycles. The molecule has 1 unspecified atom stereocenters. The van der Waals surface area contributed by atoms with Crippen LogP contribution in [0.2, 0.25) is 0 Å². The third-order valence-corrected chi connectivity index (χ3v) is 2.91. The maximum Gasteiger partial charge on any atom is 0.319 e. The van der Waals surface area contributed by atoms with Gasteiger partial charge in [0.2, 0.25) is 0 Å². The molecule has 0 aromatic heterocycles. The number of amides is 2. The van der Waals surface area contributed by atoms with Gasteiger partial charge in [-0.15, -0.1) is 0 Å². The number of rotatable bonds is 6. The van der Waals surface area contributed by atoms with Gasteiger partial charge in [-0.3, -0.25) is 0 Å². The van der Waals surface area contributed by atoms with Crippen LogP contribution < -0.4 is 15.4 Å². The van der Waals surface area contributed by atoms with E-state index in [1.165, 1.54) is 0 Å². The zero-order valence-electron chi connectivity index (χ0n) is 12.6. The summed E-state index contributed by atoms with van der Waals surface area (Å²) in [6, 6.07) is 4.98. The average molecular weight is 280 g/mol. The average Bonchev–Trinajstić information content (AvgIpc) is 2.37. The van der Waals surface area contributed by atoms with Gasteiger partial charge in [-0.05, 0) is 37.0 Å². The Hall–Kier alpha value is -1.75. The minimum Gasteiger partial charge on any atom is -0.495 e. The van der Waals surface area contributed by atoms with Gasteiger partial charge in [-0.2, -0.15) is 0 Å². The molecule has 0 saturated heterocycles. The fraction of sp³-hybridized carbons (Fsp3) is 0.533. The lowest BCUT2D eigenvalue weighted by atomic mass is 10.0. The molecule has 5 heteroatoms. The summed E-state index contributed by atoms with van der Waals surface area (Å²) in [5.41, 5.74) is 1.65. The number of hydrogen-bond acceptors (Lipinski definition) is 3. The number of nitrogens with one attached hydrogen (secondary N) is 2. The Kier molecular flexibility index (Phi) is 6.31. The van der Waals surface area contributed by atoms with Crippen molar-refractivity contribution in [3.63, 3.8) is 0 Å². The molecule has 0 heterocycles. The van der Waals surface area contributed by atoms with Crippen molar-refractivity contribution in [2.24, 2.45) is 5.92 Å². The standard InChI is InChI=1S/C15H24N2O3/c1-10(2)7-12(9-18)16-15(19)17-13-8-11(3)5-6-14(13)20-4/h5-6,8,10,12,18H,7,9H2,1-4H3,(H2,16,17,19). The van der Waals surface area contributed by atoms with E-state index in [1.807, 2.05) is 39.0 Å². The first-order chi connectivity index (χ1) is 9.46. The van der Waals surface area contributed by atoms with Crippen molar-refractivity contribution in [3.8, 4) is 5.75 Å². The summed E-state index contributed by atoms with van der Waals surface area (Å²) in [6.07, 6.45) is 0.731. The van der Waals surface area contributed by atoms with Gasteiger partial charge in [0.25, 0.3) is 0 Å². The Morgan fingerprint density at radius 2 is 2.10 bits per heavy atom. The van der Waals surface area contributed by atoms with E-state index in [9.17, 15) is 9.90 Å². The van der Waals surface area contributed by atoms with Crippen LogP contribution in [0, 0.1) is 12.8 Å². The first kappa shape index (κ1) is 16.3. The second-order valence-electron chi connectivity index (χ2n) is 5.31. The molecule has 0 aliphatic rings. The second-order valence-corrected chi connectivity index (χ2v) is 5.31. The van der Waals surface area contributed by atoms with E-state index in [0.29, 0.717) is 17.4 Å². The number of anilines is 1. The lowest BCUT2D eigenvalue weighted by Crippen LogP contribution is -2.41. The summed E-state index contributed by atoms with van der Waals surface area (Å²) >= 11 is 0. The highest BCUT2D eigenvalue weighted by atomic mass is 16.5. The first-order valence-electron chi connectivity index (χ1n) is 6.79. The van der Waals surface area contributed by atoms with Crippen LogP contribution in [-0.4, -0.2) is 30.9 Å². The van der Waals surface area contributed by atoms with Gasteiger partial charge in [0.1, 0.15) is 5.75 Å². The van der Waals surface area contributed by atoms with Crippen LogP contribution in [-0.2, 0) is 0 Å². The highest BCUT2D eigenvalue weighted by Crippen LogP contribution is 2.25. The Morgan fingerprint density at radius 1 is 1.40 bits per heavy atom. The number of aliphatic hydroxyl groups is 1. The number of aryl methyl sites for hydroxylation is 1. The van der Waals surface area contributed by atoms with Crippen molar-refractivity contribution >= 4 is 11.7 Å². The summed E-state index contributed by atoms with van der Waals surface area (Å²) < 4.78 is 5.21. The molecule has 0 aliphatic carbocycles. The maximum atomic E-state index is 12.0. The van der Waals surface area contributed by atoms with Crippen molar-refractivity contribution in [1.82, 2.24) is 5.32 Å². The fourth-order valence-corrected chi connectivity index (χ4v) is 2.01. The third-order valence-electron chi connectivity index (χ3n) is 2.91. The first-order valence-corrected chi connectivity index (χ1v) is 6.79. The molecule has 0 spiro atoms. The number of carbonyl (C=O) groups excluding carboxylic acids is 1. The smallest absolute Gasteiger partial charge is 0.319 e. The van der Waals surface area contributed by atoms with Crippen molar-refractivity contribution in [1.29, 1.82) is 0 Å². The molecule has 3 N–H and O–H groups in total. The molecule has 0 radical (unpaired) electrons. The predicted molar refractivity (Wildman–Crippen MR) is 80.2 cm³/mol. The van der Waals surface area contributed by atoms with Crippen molar-refractivity contribution in [2.45, 2.75) is 33.2 Å². The van der Waals surface area contributed by atoms with E-state index >= 15 is 0 Å². The number of methoxy groups -OCH3 is 1. The molecule has 0 fully saturated rings. The number of hydrogen-bond donors (Lipinski definition) is 3. The van der Waals surface area contributed by atoms with Gasteiger partial charge in [-0.1, -0.05) is 19.9 Å². The fourth-order valence-electron chi connectivity index (χ4n) is 2.01. The van der Waals surface area contributed by atoms with Gasteiger partial charge in [0.15, 0.2) is 0 Å². The van der Waals surface area contributed by atoms with Gasteiger partial charge in [0.05, 0.1) is 25.4 Å². The monoisotopic (exact) mass is 280 g/mol. The normalized spacial score (nSPS) is 12.1. The van der Waals surface area contributed by atoms with Gasteiger partial charge in [0, 0.05) is 0 Å². The number of aliphatic hydroxyl groups excluding tert-OH is 1. The molecular weight excluding hydrogens is 256 g/mol. The SMILES string of the molecule is COc1ccc(C)cc1NC(=O)NC(CO)CC(C)C. The number of carbonyl (C=O) groups is 1. The number of ether oxygens (including phenoxy) is 1. The van der Waals surface area contributed by atoms with Crippen LogP contribution in [0.1, 0.15) is 25.8 Å². The highest BCUT2D eigenvalue weighted by molar-refractivity contribution is 5.91. The molecule has 0 aliphatic heterocycles. The molecule has 1 aromatic rings. The van der Waals surface area contributed by atoms with E-state index in [1.54, 1.807) is 7.11 Å². The van der Waals surface area contributed by atoms with Gasteiger partial charge >= 0.3 is 6.03 Å². The Morgan fingerprint density at radius 3 is 2.65 bits per heavy atom. The van der Waals surface area contributed by atoms with Gasteiger partial charge < -0.3 is 20.5 Å². The van der Waals surface area contributed by atoms with Crippen LogP contribution >= 0.6 is 0 Å². The number of benzene rings is 1. The molecule has 1 atom stereocenters. The highest BCUT2D eigenvalue weighted by Gasteiger charge is 2.14. The Balaban J connectivity index is 2.68. The lowest BCUT2D eigenvalue weighted by molar-refractivity contribution is 0.214.